The van der Waals surface area contributed by atoms with Gasteiger partial charge in [0.05, 0.1) is 17.7 Å². The van der Waals surface area contributed by atoms with Gasteiger partial charge in [0, 0.05) is 47.6 Å². The second-order valence-corrected chi connectivity index (χ2v) is 11.6. The quantitative estimate of drug-likeness (QED) is 0.304. The molecule has 196 valence electrons. The van der Waals surface area contributed by atoms with Crippen LogP contribution in [-0.2, 0) is 6.42 Å². The second-order valence-electron chi connectivity index (χ2n) is 9.90. The summed E-state index contributed by atoms with van der Waals surface area (Å²) in [4.78, 5) is 4.55. The van der Waals surface area contributed by atoms with Gasteiger partial charge in [0.1, 0.15) is 5.75 Å². The number of ether oxygens (including phenoxy) is 1. The summed E-state index contributed by atoms with van der Waals surface area (Å²) in [5, 5.41) is 3.47. The summed E-state index contributed by atoms with van der Waals surface area (Å²) in [6.45, 7) is 6.96. The van der Waals surface area contributed by atoms with Crippen LogP contribution in [0.5, 0.6) is 5.75 Å². The third-order valence-electron chi connectivity index (χ3n) is 6.66. The molecular formula is C30H38N4OS2. The van der Waals surface area contributed by atoms with Gasteiger partial charge in [-0.3, -0.25) is 0 Å². The molecule has 1 saturated heterocycles. The highest BCUT2D eigenvalue weighted by Gasteiger charge is 2.32. The predicted octanol–water partition coefficient (Wildman–Crippen LogP) is 5.41. The van der Waals surface area contributed by atoms with E-state index >= 15 is 0 Å². The number of benzene rings is 3. The molecule has 0 amide bonds. The number of thioether (sulfide) groups is 1. The molecule has 37 heavy (non-hydrogen) atoms. The van der Waals surface area contributed by atoms with Gasteiger partial charge in [-0.15, -0.1) is 12.6 Å². The van der Waals surface area contributed by atoms with Crippen molar-refractivity contribution in [1.82, 2.24) is 5.32 Å². The zero-order valence-corrected chi connectivity index (χ0v) is 23.6. The van der Waals surface area contributed by atoms with Crippen LogP contribution in [0.25, 0.3) is 5.70 Å². The Bertz CT molecular complexity index is 1210. The summed E-state index contributed by atoms with van der Waals surface area (Å²) >= 11 is 5.91. The molecule has 0 radical (unpaired) electrons. The highest BCUT2D eigenvalue weighted by molar-refractivity contribution is 8.00. The number of thiol groups is 1. The Balaban J connectivity index is 0.000000396. The average molecular weight is 535 g/mol. The first-order chi connectivity index (χ1) is 17.8. The number of nitrogens with zero attached hydrogens (tertiary/aromatic N) is 1. The lowest BCUT2D eigenvalue weighted by Crippen LogP contribution is -2.45. The molecule has 2 heterocycles. The van der Waals surface area contributed by atoms with Gasteiger partial charge in [-0.2, -0.15) is 0 Å². The zero-order valence-electron chi connectivity index (χ0n) is 21.9. The smallest absolute Gasteiger partial charge is 0.120 e. The molecule has 2 atom stereocenters. The van der Waals surface area contributed by atoms with Gasteiger partial charge in [0.2, 0.25) is 0 Å². The van der Waals surface area contributed by atoms with E-state index in [1.807, 2.05) is 55.9 Å². The van der Waals surface area contributed by atoms with Crippen molar-refractivity contribution in [1.29, 1.82) is 0 Å². The molecule has 0 aliphatic carbocycles. The minimum Gasteiger partial charge on any atom is -0.493 e. The lowest BCUT2D eigenvalue weighted by molar-refractivity contribution is 0.199. The molecule has 0 spiro atoms. The Morgan fingerprint density at radius 2 is 1.84 bits per heavy atom. The first-order valence-corrected chi connectivity index (χ1v) is 14.0. The highest BCUT2D eigenvalue weighted by atomic mass is 32.2. The van der Waals surface area contributed by atoms with Crippen LogP contribution in [0.1, 0.15) is 25.0 Å². The van der Waals surface area contributed by atoms with Crippen LogP contribution in [0.3, 0.4) is 0 Å². The van der Waals surface area contributed by atoms with Crippen molar-refractivity contribution >= 4 is 35.8 Å². The third-order valence-corrected chi connectivity index (χ3v) is 8.45. The van der Waals surface area contributed by atoms with Crippen LogP contribution in [0.4, 0.5) is 5.69 Å². The number of allylic oxidation sites excluding steroid dienone is 1. The fourth-order valence-corrected chi connectivity index (χ4v) is 5.82. The van der Waals surface area contributed by atoms with E-state index in [1.165, 1.54) is 16.1 Å². The molecule has 7 heteroatoms. The first kappa shape index (κ1) is 27.5. The minimum atomic E-state index is 0.000923. The van der Waals surface area contributed by atoms with Crippen LogP contribution in [-0.4, -0.2) is 38.2 Å². The number of hydrogen-bond donors (Lipinski definition) is 4. The zero-order chi connectivity index (χ0) is 26.4. The molecule has 1 fully saturated rings. The molecule has 2 aliphatic rings. The number of rotatable bonds is 7. The number of nitrogens with one attached hydrogen (secondary N) is 1. The number of likely N-dealkylation sites (N-methyl/N-ethyl adjacent to an activating group) is 1. The summed E-state index contributed by atoms with van der Waals surface area (Å²) in [6, 6.07) is 24.6. The molecule has 2 unspecified atom stereocenters. The molecule has 5 rings (SSSR count). The molecule has 5 N–H and O–H groups in total. The highest BCUT2D eigenvalue weighted by Crippen LogP contribution is 2.45. The maximum atomic E-state index is 6.68. The van der Waals surface area contributed by atoms with Gasteiger partial charge in [0.25, 0.3) is 0 Å². The van der Waals surface area contributed by atoms with Gasteiger partial charge < -0.3 is 26.4 Å². The van der Waals surface area contributed by atoms with Gasteiger partial charge >= 0.3 is 0 Å². The minimum absolute atomic E-state index is 0.000923. The topological polar surface area (TPSA) is 76.5 Å². The monoisotopic (exact) mass is 534 g/mol. The summed E-state index contributed by atoms with van der Waals surface area (Å²) < 4.78 is 6.00. The van der Waals surface area contributed by atoms with Crippen molar-refractivity contribution < 1.29 is 4.74 Å². The fourth-order valence-electron chi connectivity index (χ4n) is 4.33. The number of anilines is 1. The molecule has 2 aliphatic heterocycles. The van der Waals surface area contributed by atoms with E-state index in [9.17, 15) is 0 Å². The summed E-state index contributed by atoms with van der Waals surface area (Å²) in [7, 11) is 2.13. The van der Waals surface area contributed by atoms with E-state index < -0.39 is 0 Å². The lowest BCUT2D eigenvalue weighted by Gasteiger charge is -2.27. The Morgan fingerprint density at radius 3 is 2.46 bits per heavy atom. The number of fused-ring (bicyclic) bond motifs is 1. The maximum Gasteiger partial charge on any atom is 0.120 e. The molecule has 3 aromatic carbocycles. The average Bonchev–Trinajstić information content (AvgIpc) is 3.19. The van der Waals surface area contributed by atoms with E-state index in [-0.39, 0.29) is 11.4 Å². The van der Waals surface area contributed by atoms with Crippen molar-refractivity contribution in [3.63, 3.8) is 0 Å². The second kappa shape index (κ2) is 12.8. The van der Waals surface area contributed by atoms with Crippen molar-refractivity contribution in [2.45, 2.75) is 41.5 Å². The van der Waals surface area contributed by atoms with E-state index in [2.05, 4.69) is 72.4 Å². The Labute approximate surface area is 231 Å². The van der Waals surface area contributed by atoms with Gasteiger partial charge in [-0.1, -0.05) is 53.7 Å². The maximum absolute atomic E-state index is 6.68. The van der Waals surface area contributed by atoms with Crippen molar-refractivity contribution in [2.24, 2.45) is 17.4 Å². The van der Waals surface area contributed by atoms with Crippen molar-refractivity contribution in [3.8, 4) is 5.75 Å². The van der Waals surface area contributed by atoms with Crippen molar-refractivity contribution in [2.75, 3.05) is 31.6 Å². The number of hydrogen-bond acceptors (Lipinski definition) is 7. The predicted molar refractivity (Wildman–Crippen MR) is 161 cm³/mol. The van der Waals surface area contributed by atoms with E-state index in [1.54, 1.807) is 0 Å². The SMILES string of the molecule is CC(C)=C(N)c1cccc(CC(N)C2Sc3cc(OCC4CNC4)ccc3N2C)c1.Sc1ccccc1. The molecular weight excluding hydrogens is 496 g/mol. The Morgan fingerprint density at radius 1 is 1.08 bits per heavy atom. The Hall–Kier alpha value is -2.58. The summed E-state index contributed by atoms with van der Waals surface area (Å²) in [5.74, 6) is 1.58. The van der Waals surface area contributed by atoms with Crippen molar-refractivity contribution in [3.05, 3.63) is 89.5 Å². The third kappa shape index (κ3) is 7.26. The first-order valence-electron chi connectivity index (χ1n) is 12.7. The van der Waals surface area contributed by atoms with E-state index in [4.69, 9.17) is 16.2 Å². The lowest BCUT2D eigenvalue weighted by atomic mass is 10.0. The van der Waals surface area contributed by atoms with Crippen LogP contribution in [0.15, 0.2) is 88.2 Å². The Kier molecular flexibility index (Phi) is 9.49. The van der Waals surface area contributed by atoms with Crippen LogP contribution in [0.2, 0.25) is 0 Å². The van der Waals surface area contributed by atoms with Crippen LogP contribution < -0.4 is 26.4 Å². The molecule has 0 saturated carbocycles. The fraction of sp³-hybridized carbons (Fsp3) is 0.333. The van der Waals surface area contributed by atoms with E-state index in [0.29, 0.717) is 5.92 Å². The van der Waals surface area contributed by atoms with Crippen LogP contribution in [0, 0.1) is 5.92 Å². The largest absolute Gasteiger partial charge is 0.493 e. The van der Waals surface area contributed by atoms with E-state index in [0.717, 1.165) is 53.6 Å². The molecule has 0 bridgehead atoms. The summed E-state index contributed by atoms with van der Waals surface area (Å²) in [5.41, 5.74) is 18.4. The molecule has 3 aromatic rings. The molecule has 5 nitrogen and oxygen atoms in total. The van der Waals surface area contributed by atoms with Crippen LogP contribution >= 0.6 is 24.4 Å². The van der Waals surface area contributed by atoms with Gasteiger partial charge in [0.15, 0.2) is 0 Å². The number of nitrogens with two attached hydrogens (primary N) is 2. The normalized spacial score (nSPS) is 17.2. The standard InChI is InChI=1S/C24H32N4OS.C6H6S/c1-15(2)23(26)18-6-4-5-16(9-18)10-20(25)24-28(3)21-8-7-19(11-22(21)30-24)29-14-17-12-27-13-17;7-6-4-2-1-3-5-6/h4-9,11,17,20,24,27H,10,12-14,25-26H2,1-3H3;1-5,7H. The summed E-state index contributed by atoms with van der Waals surface area (Å²) in [6.07, 6.45) is 0.803. The van der Waals surface area contributed by atoms with Gasteiger partial charge in [-0.25, -0.2) is 0 Å². The molecule has 0 aromatic heterocycles. The van der Waals surface area contributed by atoms with Gasteiger partial charge in [-0.05, 0) is 67.8 Å².